The van der Waals surface area contributed by atoms with E-state index in [4.69, 9.17) is 5.11 Å². The van der Waals surface area contributed by atoms with E-state index < -0.39 is 17.5 Å². The van der Waals surface area contributed by atoms with Gasteiger partial charge in [-0.15, -0.1) is 0 Å². The second-order valence-corrected chi connectivity index (χ2v) is 5.78. The Balaban J connectivity index is 3.32. The Kier molecular flexibility index (Phi) is 4.89. The zero-order chi connectivity index (χ0) is 16.5. The number of hydrogen-bond donors (Lipinski definition) is 4. The molecule has 0 saturated heterocycles. The van der Waals surface area contributed by atoms with Crippen molar-refractivity contribution in [2.45, 2.75) is 59.0 Å². The highest BCUT2D eigenvalue weighted by atomic mass is 16.4. The molecule has 0 saturated carbocycles. The summed E-state index contributed by atoms with van der Waals surface area (Å²) < 4.78 is 0. The molecular weight excluding hydrogens is 272 g/mol. The lowest BCUT2D eigenvalue weighted by atomic mass is 9.82. The number of phenolic OH excluding ortho intramolecular Hbond substituents is 2. The molecule has 0 aliphatic rings. The molecule has 0 heterocycles. The van der Waals surface area contributed by atoms with Gasteiger partial charge < -0.3 is 20.4 Å². The van der Waals surface area contributed by atoms with Gasteiger partial charge in [0.05, 0.1) is 0 Å². The van der Waals surface area contributed by atoms with Gasteiger partial charge in [-0.1, -0.05) is 13.8 Å². The van der Waals surface area contributed by atoms with E-state index in [0.29, 0.717) is 22.3 Å². The van der Waals surface area contributed by atoms with Gasteiger partial charge in [0.2, 0.25) is 0 Å². The molecule has 21 heavy (non-hydrogen) atoms. The van der Waals surface area contributed by atoms with Crippen molar-refractivity contribution in [3.8, 4) is 11.5 Å². The predicted molar refractivity (Wildman–Crippen MR) is 79.9 cm³/mol. The molecule has 1 aromatic rings. The fourth-order valence-electron chi connectivity index (χ4n) is 2.74. The summed E-state index contributed by atoms with van der Waals surface area (Å²) >= 11 is 0. The Morgan fingerprint density at radius 3 is 2.00 bits per heavy atom. The van der Waals surface area contributed by atoms with Crippen LogP contribution in [0.1, 0.15) is 54.9 Å². The van der Waals surface area contributed by atoms with E-state index in [-0.39, 0.29) is 24.3 Å². The minimum atomic E-state index is -1.84. The average molecular weight is 296 g/mol. The number of aliphatic carboxylic acids is 1. The zero-order valence-electron chi connectivity index (χ0n) is 13.2. The second kappa shape index (κ2) is 5.93. The third kappa shape index (κ3) is 2.97. The molecule has 0 radical (unpaired) electrons. The number of carbonyl (C=O) groups is 1. The first-order valence-electron chi connectivity index (χ1n) is 7.04. The summed E-state index contributed by atoms with van der Waals surface area (Å²) in [5, 5.41) is 39.8. The molecule has 1 rings (SSSR count). The van der Waals surface area contributed by atoms with Crippen LogP contribution in [0.15, 0.2) is 0 Å². The lowest BCUT2D eigenvalue weighted by molar-refractivity contribution is -0.160. The van der Waals surface area contributed by atoms with Crippen LogP contribution in [0.5, 0.6) is 11.5 Å². The fourth-order valence-corrected chi connectivity index (χ4v) is 2.74. The lowest BCUT2D eigenvalue weighted by Gasteiger charge is -2.27. The van der Waals surface area contributed by atoms with E-state index in [1.807, 2.05) is 0 Å². The molecule has 2 atom stereocenters. The van der Waals surface area contributed by atoms with E-state index in [1.54, 1.807) is 34.6 Å². The van der Waals surface area contributed by atoms with Crippen LogP contribution in [0.25, 0.3) is 0 Å². The van der Waals surface area contributed by atoms with Crippen molar-refractivity contribution in [2.24, 2.45) is 0 Å². The van der Waals surface area contributed by atoms with Crippen molar-refractivity contribution < 1.29 is 25.2 Å². The van der Waals surface area contributed by atoms with Gasteiger partial charge in [0.15, 0.2) is 5.60 Å². The lowest BCUT2D eigenvalue weighted by Crippen LogP contribution is -2.39. The second-order valence-electron chi connectivity index (χ2n) is 5.78. The van der Waals surface area contributed by atoms with E-state index in [0.717, 1.165) is 0 Å². The number of aromatic hydroxyl groups is 2. The molecule has 0 amide bonds. The van der Waals surface area contributed by atoms with Gasteiger partial charge in [0, 0.05) is 5.56 Å². The van der Waals surface area contributed by atoms with Gasteiger partial charge >= 0.3 is 5.97 Å². The zero-order valence-corrected chi connectivity index (χ0v) is 13.2. The van der Waals surface area contributed by atoms with Gasteiger partial charge in [-0.05, 0) is 56.2 Å². The van der Waals surface area contributed by atoms with Crippen molar-refractivity contribution in [2.75, 3.05) is 0 Å². The van der Waals surface area contributed by atoms with Gasteiger partial charge in [-0.3, -0.25) is 0 Å². The average Bonchev–Trinajstić information content (AvgIpc) is 2.42. The van der Waals surface area contributed by atoms with Crippen molar-refractivity contribution in [1.29, 1.82) is 0 Å². The molecule has 0 fully saturated rings. The maximum Gasteiger partial charge on any atom is 0.335 e. The van der Waals surface area contributed by atoms with Gasteiger partial charge in [0.1, 0.15) is 11.5 Å². The first-order valence-corrected chi connectivity index (χ1v) is 7.04. The molecule has 1 aromatic carbocycles. The minimum absolute atomic E-state index is 0.0326. The van der Waals surface area contributed by atoms with Crippen molar-refractivity contribution in [3.63, 3.8) is 0 Å². The molecule has 5 nitrogen and oxygen atoms in total. The van der Waals surface area contributed by atoms with Gasteiger partial charge in [-0.25, -0.2) is 4.79 Å². The van der Waals surface area contributed by atoms with E-state index in [1.165, 1.54) is 0 Å². The Bertz CT molecular complexity index is 535. The highest BCUT2D eigenvalue weighted by Gasteiger charge is 2.37. The number of benzene rings is 1. The third-order valence-electron chi connectivity index (χ3n) is 4.41. The quantitative estimate of drug-likeness (QED) is 0.626. The smallest absolute Gasteiger partial charge is 0.335 e. The molecule has 4 N–H and O–H groups in total. The fraction of sp³-hybridized carbons (Fsp3) is 0.562. The molecule has 0 spiro atoms. The van der Waals surface area contributed by atoms with Crippen molar-refractivity contribution in [3.05, 3.63) is 22.3 Å². The van der Waals surface area contributed by atoms with Crippen LogP contribution in [0, 0.1) is 20.8 Å². The Hall–Kier alpha value is -1.75. The number of aliphatic hydroxyl groups is 1. The summed E-state index contributed by atoms with van der Waals surface area (Å²) in [7, 11) is 0. The molecule has 0 aromatic heterocycles. The van der Waals surface area contributed by atoms with Crippen LogP contribution in [-0.4, -0.2) is 32.0 Å². The van der Waals surface area contributed by atoms with E-state index >= 15 is 0 Å². The third-order valence-corrected chi connectivity index (χ3v) is 4.41. The highest BCUT2D eigenvalue weighted by Crippen LogP contribution is 2.42. The molecule has 0 bridgehead atoms. The Morgan fingerprint density at radius 2 is 1.57 bits per heavy atom. The standard InChI is InChI=1S/C16H24O5/c1-6-16(21,15(19)20)7-8(2)12-11(5)13(17)9(3)10(4)14(12)18/h8,17-18,21H,6-7H2,1-5H3,(H,19,20). The highest BCUT2D eigenvalue weighted by molar-refractivity contribution is 5.77. The van der Waals surface area contributed by atoms with Crippen LogP contribution in [0.3, 0.4) is 0 Å². The van der Waals surface area contributed by atoms with E-state index in [9.17, 15) is 20.1 Å². The number of rotatable bonds is 5. The Labute approximate surface area is 124 Å². The van der Waals surface area contributed by atoms with Crippen molar-refractivity contribution in [1.82, 2.24) is 0 Å². The minimum Gasteiger partial charge on any atom is -0.507 e. The predicted octanol–water partition coefficient (Wildman–Crippen LogP) is 2.74. The first kappa shape index (κ1) is 17.3. The number of phenols is 2. The molecule has 0 aliphatic heterocycles. The molecule has 2 unspecified atom stereocenters. The summed E-state index contributed by atoms with van der Waals surface area (Å²) in [4.78, 5) is 11.2. The monoisotopic (exact) mass is 296 g/mol. The van der Waals surface area contributed by atoms with Crippen LogP contribution >= 0.6 is 0 Å². The topological polar surface area (TPSA) is 98.0 Å². The molecule has 0 aliphatic carbocycles. The SMILES string of the molecule is CCC(O)(CC(C)c1c(C)c(O)c(C)c(C)c1O)C(=O)O. The van der Waals surface area contributed by atoms with Crippen LogP contribution < -0.4 is 0 Å². The van der Waals surface area contributed by atoms with Crippen LogP contribution in [0.4, 0.5) is 0 Å². The van der Waals surface area contributed by atoms with Gasteiger partial charge in [0.25, 0.3) is 0 Å². The summed E-state index contributed by atoms with van der Waals surface area (Å²) in [5.74, 6) is -1.53. The van der Waals surface area contributed by atoms with Crippen molar-refractivity contribution >= 4 is 5.97 Å². The molecule has 5 heteroatoms. The molecule has 118 valence electrons. The maximum absolute atomic E-state index is 11.2. The number of carboxylic acid groups (broad SMARTS) is 1. The first-order chi connectivity index (χ1) is 9.56. The Morgan fingerprint density at radius 1 is 1.10 bits per heavy atom. The summed E-state index contributed by atoms with van der Waals surface area (Å²) in [6.07, 6.45) is 0.0402. The normalized spacial score (nSPS) is 15.5. The van der Waals surface area contributed by atoms with E-state index in [2.05, 4.69) is 0 Å². The summed E-state index contributed by atoms with van der Waals surface area (Å²) in [5.41, 5.74) is 0.336. The summed E-state index contributed by atoms with van der Waals surface area (Å²) in [6, 6.07) is 0. The molecular formula is C16H24O5. The summed E-state index contributed by atoms with van der Waals surface area (Å²) in [6.45, 7) is 8.43. The largest absolute Gasteiger partial charge is 0.507 e. The van der Waals surface area contributed by atoms with Crippen LogP contribution in [-0.2, 0) is 4.79 Å². The van der Waals surface area contributed by atoms with Gasteiger partial charge in [-0.2, -0.15) is 0 Å². The van der Waals surface area contributed by atoms with Crippen LogP contribution in [0.2, 0.25) is 0 Å². The number of carboxylic acids is 1. The number of hydrogen-bond acceptors (Lipinski definition) is 4. The maximum atomic E-state index is 11.2.